The molecule has 1 N–H and O–H groups in total. The minimum atomic E-state index is 0. The second kappa shape index (κ2) is 15.9. The Morgan fingerprint density at radius 3 is 1.71 bits per heavy atom. The molecule has 0 aromatic heterocycles. The zero-order chi connectivity index (χ0) is 12.1. The highest BCUT2D eigenvalue weighted by Gasteiger charge is 2.07. The number of rotatable bonds is 12. The molecule has 0 radical (unpaired) electrons. The third-order valence-corrected chi connectivity index (χ3v) is 3.32. The van der Waals surface area contributed by atoms with Crippen LogP contribution in [0.15, 0.2) is 0 Å². The second-order valence-corrected chi connectivity index (χ2v) is 5.04. The molecule has 106 valence electrons. The molecule has 0 fully saturated rings. The zero-order valence-corrected chi connectivity index (χ0v) is 12.3. The molecule has 0 bridgehead atoms. The van der Waals surface area contributed by atoms with Crippen molar-refractivity contribution in [2.24, 2.45) is 5.92 Å². The van der Waals surface area contributed by atoms with Crippen LogP contribution in [-0.2, 0) is 0 Å². The minimum absolute atomic E-state index is 0. The Morgan fingerprint density at radius 1 is 0.706 bits per heavy atom. The van der Waals surface area contributed by atoms with Gasteiger partial charge in [0.2, 0.25) is 0 Å². The SMILES string of the molecule is CCCCC(CCCC)CCCNCCC.F. The third kappa shape index (κ3) is 13.8. The van der Waals surface area contributed by atoms with Gasteiger partial charge in [-0.15, -0.1) is 0 Å². The molecular weight excluding hydrogens is 213 g/mol. The average molecular weight is 247 g/mol. The molecule has 2 heteroatoms. The van der Waals surface area contributed by atoms with Crippen molar-refractivity contribution in [3.63, 3.8) is 0 Å². The van der Waals surface area contributed by atoms with Crippen molar-refractivity contribution in [2.45, 2.75) is 78.6 Å². The van der Waals surface area contributed by atoms with Gasteiger partial charge < -0.3 is 5.32 Å². The van der Waals surface area contributed by atoms with Crippen molar-refractivity contribution in [3.05, 3.63) is 0 Å². The lowest BCUT2D eigenvalue weighted by Crippen LogP contribution is -2.17. The molecule has 0 rings (SSSR count). The maximum Gasteiger partial charge on any atom is -0.00488 e. The topological polar surface area (TPSA) is 12.0 Å². The van der Waals surface area contributed by atoms with E-state index in [1.54, 1.807) is 0 Å². The van der Waals surface area contributed by atoms with Gasteiger partial charge in [0.1, 0.15) is 0 Å². The van der Waals surface area contributed by atoms with Crippen LogP contribution in [0, 0.1) is 5.92 Å². The average Bonchev–Trinajstić information content (AvgIpc) is 2.31. The normalized spacial score (nSPS) is 10.6. The lowest BCUT2D eigenvalue weighted by molar-refractivity contribution is 0.380. The molecule has 0 heterocycles. The monoisotopic (exact) mass is 247 g/mol. The number of halogens is 1. The van der Waals surface area contributed by atoms with Gasteiger partial charge in [-0.1, -0.05) is 59.3 Å². The quantitative estimate of drug-likeness (QED) is 0.483. The minimum Gasteiger partial charge on any atom is -0.317 e. The smallest absolute Gasteiger partial charge is 0.00488 e. The highest BCUT2D eigenvalue weighted by Crippen LogP contribution is 2.20. The van der Waals surface area contributed by atoms with E-state index in [9.17, 15) is 0 Å². The molecule has 0 aliphatic rings. The molecule has 0 saturated heterocycles. The highest BCUT2D eigenvalue weighted by atomic mass is 19.0. The van der Waals surface area contributed by atoms with Crippen LogP contribution in [0.2, 0.25) is 0 Å². The lowest BCUT2D eigenvalue weighted by Gasteiger charge is -2.16. The summed E-state index contributed by atoms with van der Waals surface area (Å²) in [6, 6.07) is 0. The molecule has 0 spiro atoms. The van der Waals surface area contributed by atoms with Gasteiger partial charge in [-0.25, -0.2) is 0 Å². The molecule has 1 nitrogen and oxygen atoms in total. The molecular formula is C15H34FN. The van der Waals surface area contributed by atoms with Crippen LogP contribution in [0.25, 0.3) is 0 Å². The fourth-order valence-corrected chi connectivity index (χ4v) is 2.24. The fraction of sp³-hybridized carbons (Fsp3) is 1.00. The number of hydrogen-bond donors (Lipinski definition) is 1. The summed E-state index contributed by atoms with van der Waals surface area (Å²) in [5, 5.41) is 3.50. The summed E-state index contributed by atoms with van der Waals surface area (Å²) in [7, 11) is 0. The Labute approximate surface area is 108 Å². The molecule has 0 aromatic carbocycles. The third-order valence-electron chi connectivity index (χ3n) is 3.32. The van der Waals surface area contributed by atoms with E-state index in [2.05, 4.69) is 26.1 Å². The zero-order valence-electron chi connectivity index (χ0n) is 12.3. The number of unbranched alkanes of at least 4 members (excludes halogenated alkanes) is 2. The molecule has 0 atom stereocenters. The molecule has 0 aliphatic heterocycles. The molecule has 0 aliphatic carbocycles. The number of hydrogen-bond acceptors (Lipinski definition) is 1. The summed E-state index contributed by atoms with van der Waals surface area (Å²) in [6.45, 7) is 9.26. The van der Waals surface area contributed by atoms with Crippen molar-refractivity contribution in [2.75, 3.05) is 13.1 Å². The van der Waals surface area contributed by atoms with E-state index in [0.29, 0.717) is 0 Å². The van der Waals surface area contributed by atoms with Gasteiger partial charge in [-0.05, 0) is 38.3 Å². The molecule has 0 saturated carbocycles. The van der Waals surface area contributed by atoms with Crippen LogP contribution >= 0.6 is 0 Å². The van der Waals surface area contributed by atoms with Crippen LogP contribution < -0.4 is 5.32 Å². The second-order valence-electron chi connectivity index (χ2n) is 5.04. The highest BCUT2D eigenvalue weighted by molar-refractivity contribution is 4.61. The first-order chi connectivity index (χ1) is 7.85. The predicted octanol–water partition coefficient (Wildman–Crippen LogP) is 4.92. The molecule has 0 aromatic rings. The number of nitrogens with one attached hydrogen (secondary N) is 1. The van der Waals surface area contributed by atoms with Gasteiger partial charge >= 0.3 is 0 Å². The van der Waals surface area contributed by atoms with Crippen LogP contribution in [0.4, 0.5) is 4.70 Å². The van der Waals surface area contributed by atoms with E-state index in [1.165, 1.54) is 70.9 Å². The van der Waals surface area contributed by atoms with Crippen molar-refractivity contribution >= 4 is 0 Å². The van der Waals surface area contributed by atoms with Crippen molar-refractivity contribution < 1.29 is 4.70 Å². The van der Waals surface area contributed by atoms with Crippen molar-refractivity contribution in [1.29, 1.82) is 0 Å². The Balaban J connectivity index is 0. The van der Waals surface area contributed by atoms with E-state index < -0.39 is 0 Å². The molecule has 17 heavy (non-hydrogen) atoms. The van der Waals surface area contributed by atoms with Gasteiger partial charge in [0.25, 0.3) is 0 Å². The van der Waals surface area contributed by atoms with Crippen LogP contribution in [0.1, 0.15) is 78.6 Å². The first kappa shape index (κ1) is 19.2. The van der Waals surface area contributed by atoms with E-state index >= 15 is 0 Å². The summed E-state index contributed by atoms with van der Waals surface area (Å²) in [5.74, 6) is 1.00. The van der Waals surface area contributed by atoms with Gasteiger partial charge in [0.05, 0.1) is 0 Å². The maximum atomic E-state index is 3.50. The lowest BCUT2D eigenvalue weighted by atomic mass is 9.91. The van der Waals surface area contributed by atoms with Crippen LogP contribution in [0.3, 0.4) is 0 Å². The summed E-state index contributed by atoms with van der Waals surface area (Å²) in [5.41, 5.74) is 0. The van der Waals surface area contributed by atoms with Crippen molar-refractivity contribution in [1.82, 2.24) is 5.32 Å². The standard InChI is InChI=1S/C15H33N.FH/c1-4-7-10-15(11-8-5-2)12-9-14-16-13-6-3;/h15-16H,4-14H2,1-3H3;1H. The Kier molecular flexibility index (Phi) is 18.0. The van der Waals surface area contributed by atoms with Gasteiger partial charge in [0.15, 0.2) is 0 Å². The van der Waals surface area contributed by atoms with Gasteiger partial charge in [-0.2, -0.15) is 0 Å². The van der Waals surface area contributed by atoms with E-state index in [1.807, 2.05) is 0 Å². The molecule has 0 amide bonds. The summed E-state index contributed by atoms with van der Waals surface area (Å²) in [4.78, 5) is 0. The van der Waals surface area contributed by atoms with Gasteiger partial charge in [-0.3, -0.25) is 4.70 Å². The maximum absolute atomic E-state index is 3.50. The van der Waals surface area contributed by atoms with E-state index in [4.69, 9.17) is 0 Å². The Bertz CT molecular complexity index is 120. The van der Waals surface area contributed by atoms with E-state index in [0.717, 1.165) is 5.92 Å². The predicted molar refractivity (Wildman–Crippen MR) is 77.4 cm³/mol. The summed E-state index contributed by atoms with van der Waals surface area (Å²) >= 11 is 0. The van der Waals surface area contributed by atoms with Crippen LogP contribution in [0.5, 0.6) is 0 Å². The Morgan fingerprint density at radius 2 is 1.24 bits per heavy atom. The molecule has 0 unspecified atom stereocenters. The first-order valence-corrected chi connectivity index (χ1v) is 7.55. The van der Waals surface area contributed by atoms with Crippen LogP contribution in [-0.4, -0.2) is 13.1 Å². The fourth-order valence-electron chi connectivity index (χ4n) is 2.24. The van der Waals surface area contributed by atoms with E-state index in [-0.39, 0.29) is 4.70 Å². The first-order valence-electron chi connectivity index (χ1n) is 7.55. The summed E-state index contributed by atoms with van der Waals surface area (Å²) in [6.07, 6.45) is 12.6. The largest absolute Gasteiger partial charge is 0.317 e. The van der Waals surface area contributed by atoms with Gasteiger partial charge in [0, 0.05) is 0 Å². The summed E-state index contributed by atoms with van der Waals surface area (Å²) < 4.78 is 0. The van der Waals surface area contributed by atoms with Crippen molar-refractivity contribution in [3.8, 4) is 0 Å². The Hall–Kier alpha value is -0.110.